The molecule has 0 unspecified atom stereocenters. The van der Waals surface area contributed by atoms with Crippen LogP contribution in [0.25, 0.3) is 0 Å². The van der Waals surface area contributed by atoms with Crippen LogP contribution in [0, 0.1) is 12.3 Å². The number of nitrogens with zero attached hydrogens (tertiary/aromatic N) is 2. The highest BCUT2D eigenvalue weighted by Gasteiger charge is 2.12. The molecule has 1 aromatic rings. The Kier molecular flexibility index (Phi) is 6.27. The maximum Gasteiger partial charge on any atom is 0.135 e. The van der Waals surface area contributed by atoms with Gasteiger partial charge in [-0.1, -0.05) is 5.92 Å². The lowest BCUT2D eigenvalue weighted by Crippen LogP contribution is -2.14. The average molecular weight is 273 g/mol. The van der Waals surface area contributed by atoms with Crippen LogP contribution in [0.5, 0.6) is 5.75 Å². The summed E-state index contributed by atoms with van der Waals surface area (Å²) in [6.07, 6.45) is 7.18. The van der Waals surface area contributed by atoms with Gasteiger partial charge in [-0.05, 0) is 19.1 Å². The summed E-state index contributed by atoms with van der Waals surface area (Å²) >= 11 is 0. The largest absolute Gasteiger partial charge is 0.490 e. The Labute approximate surface area is 119 Å². The van der Waals surface area contributed by atoms with E-state index in [1.807, 2.05) is 6.92 Å². The van der Waals surface area contributed by atoms with Crippen LogP contribution in [-0.2, 0) is 4.74 Å². The topological polar surface area (TPSA) is 69.2 Å². The van der Waals surface area contributed by atoms with Crippen molar-refractivity contribution >= 4 is 17.7 Å². The van der Waals surface area contributed by atoms with Crippen molar-refractivity contribution in [2.24, 2.45) is 15.7 Å². The lowest BCUT2D eigenvalue weighted by atomic mass is 10.1. The van der Waals surface area contributed by atoms with E-state index in [-0.39, 0.29) is 0 Å². The first kappa shape index (κ1) is 15.7. The molecule has 0 amide bonds. The van der Waals surface area contributed by atoms with E-state index in [2.05, 4.69) is 15.9 Å². The smallest absolute Gasteiger partial charge is 0.135 e. The van der Waals surface area contributed by atoms with Gasteiger partial charge in [0.2, 0.25) is 0 Å². The molecular formula is C15H19N3O2. The van der Waals surface area contributed by atoms with Crippen LogP contribution >= 0.6 is 0 Å². The van der Waals surface area contributed by atoms with Crippen molar-refractivity contribution in [2.45, 2.75) is 6.92 Å². The zero-order chi connectivity index (χ0) is 15.0. The molecule has 0 aliphatic carbocycles. The fraction of sp³-hybridized carbons (Fsp3) is 0.333. The van der Waals surface area contributed by atoms with Gasteiger partial charge >= 0.3 is 0 Å². The molecule has 1 aromatic carbocycles. The second kappa shape index (κ2) is 7.97. The molecule has 0 saturated carbocycles. The lowest BCUT2D eigenvalue weighted by molar-refractivity contribution is 0.146. The number of hydrogen-bond donors (Lipinski definition) is 1. The van der Waals surface area contributed by atoms with Crippen molar-refractivity contribution in [3.05, 3.63) is 23.3 Å². The summed E-state index contributed by atoms with van der Waals surface area (Å²) in [5.74, 6) is 3.54. The molecular weight excluding hydrogens is 254 g/mol. The van der Waals surface area contributed by atoms with Crippen molar-refractivity contribution in [3.63, 3.8) is 0 Å². The Hall–Kier alpha value is -2.32. The number of ether oxygens (including phenoxy) is 2. The van der Waals surface area contributed by atoms with Crippen LogP contribution in [0.4, 0.5) is 5.69 Å². The third kappa shape index (κ3) is 3.84. The number of rotatable bonds is 6. The molecule has 0 atom stereocenters. The van der Waals surface area contributed by atoms with Crippen LogP contribution in [0.2, 0.25) is 0 Å². The molecule has 0 aromatic heterocycles. The minimum atomic E-state index is 0.380. The summed E-state index contributed by atoms with van der Waals surface area (Å²) < 4.78 is 10.6. The molecule has 5 heteroatoms. The van der Waals surface area contributed by atoms with Crippen LogP contribution in [0.1, 0.15) is 18.1 Å². The third-order valence-corrected chi connectivity index (χ3v) is 2.58. The van der Waals surface area contributed by atoms with Gasteiger partial charge < -0.3 is 15.2 Å². The predicted molar refractivity (Wildman–Crippen MR) is 82.2 cm³/mol. The molecule has 20 heavy (non-hydrogen) atoms. The number of amidine groups is 1. The van der Waals surface area contributed by atoms with Crippen LogP contribution in [0.3, 0.4) is 0 Å². The normalized spacial score (nSPS) is 11.6. The van der Waals surface area contributed by atoms with Gasteiger partial charge in [0.15, 0.2) is 0 Å². The monoisotopic (exact) mass is 273 g/mol. The Morgan fingerprint density at radius 2 is 2.20 bits per heavy atom. The van der Waals surface area contributed by atoms with E-state index in [9.17, 15) is 0 Å². The summed E-state index contributed by atoms with van der Waals surface area (Å²) in [6.45, 7) is 2.71. The zero-order valence-corrected chi connectivity index (χ0v) is 12.0. The average Bonchev–Trinajstić information content (AvgIpc) is 2.47. The summed E-state index contributed by atoms with van der Waals surface area (Å²) in [5, 5.41) is 0. The molecule has 0 fully saturated rings. The number of nitrogens with two attached hydrogens (primary N) is 1. The molecule has 0 aliphatic heterocycles. The van der Waals surface area contributed by atoms with Gasteiger partial charge in [-0.3, -0.25) is 9.98 Å². The number of terminal acetylenes is 1. The summed E-state index contributed by atoms with van der Waals surface area (Å²) in [7, 11) is 3.23. The SMILES string of the molecule is C#Cc1cc(/N=C/C)c(/C(N)=N\C)cc1OCCOC. The standard InChI is InChI=1S/C15H19N3O2/c1-5-11-9-13(18-6-2)12(15(16)17-3)10-14(11)20-8-7-19-4/h1,6,9-10H,7-8H2,2-4H3,(H2,16,17)/b18-6+. The molecule has 2 N–H and O–H groups in total. The quantitative estimate of drug-likeness (QED) is 0.371. The van der Waals surface area contributed by atoms with Gasteiger partial charge in [-0.2, -0.15) is 0 Å². The Bertz CT molecular complexity index is 557. The highest BCUT2D eigenvalue weighted by molar-refractivity contribution is 6.03. The molecule has 5 nitrogen and oxygen atoms in total. The number of hydrogen-bond acceptors (Lipinski definition) is 4. The van der Waals surface area contributed by atoms with Crippen molar-refractivity contribution < 1.29 is 9.47 Å². The summed E-state index contributed by atoms with van der Waals surface area (Å²) in [6, 6.07) is 3.52. The van der Waals surface area contributed by atoms with Crippen molar-refractivity contribution in [3.8, 4) is 18.1 Å². The number of aliphatic imine (C=N–C) groups is 2. The van der Waals surface area contributed by atoms with E-state index < -0.39 is 0 Å². The fourth-order valence-corrected chi connectivity index (χ4v) is 1.61. The van der Waals surface area contributed by atoms with Crippen molar-refractivity contribution in [1.29, 1.82) is 0 Å². The van der Waals surface area contributed by atoms with Crippen LogP contribution < -0.4 is 10.5 Å². The van der Waals surface area contributed by atoms with E-state index in [0.717, 1.165) is 0 Å². The van der Waals surface area contributed by atoms with Gasteiger partial charge in [-0.15, -0.1) is 6.42 Å². The molecule has 0 heterocycles. The summed E-state index contributed by atoms with van der Waals surface area (Å²) in [5.41, 5.74) is 7.87. The molecule has 1 rings (SSSR count). The third-order valence-electron chi connectivity index (χ3n) is 2.58. The van der Waals surface area contributed by atoms with Crippen LogP contribution in [0.15, 0.2) is 22.1 Å². The van der Waals surface area contributed by atoms with E-state index in [0.29, 0.717) is 41.6 Å². The second-order valence-corrected chi connectivity index (χ2v) is 3.85. The minimum Gasteiger partial charge on any atom is -0.490 e. The van der Waals surface area contributed by atoms with E-state index in [1.54, 1.807) is 32.5 Å². The maximum atomic E-state index is 5.88. The second-order valence-electron chi connectivity index (χ2n) is 3.85. The first-order chi connectivity index (χ1) is 9.67. The van der Waals surface area contributed by atoms with Gasteiger partial charge in [0.05, 0.1) is 17.9 Å². The number of methoxy groups -OCH3 is 1. The fourth-order valence-electron chi connectivity index (χ4n) is 1.61. The van der Waals surface area contributed by atoms with Gasteiger partial charge in [0, 0.05) is 25.9 Å². The molecule has 0 radical (unpaired) electrons. The highest BCUT2D eigenvalue weighted by Crippen LogP contribution is 2.28. The van der Waals surface area contributed by atoms with Crippen molar-refractivity contribution in [2.75, 3.05) is 27.4 Å². The van der Waals surface area contributed by atoms with E-state index >= 15 is 0 Å². The van der Waals surface area contributed by atoms with Crippen molar-refractivity contribution in [1.82, 2.24) is 0 Å². The first-order valence-electron chi connectivity index (χ1n) is 6.15. The lowest BCUT2D eigenvalue weighted by Gasteiger charge is -2.12. The zero-order valence-electron chi connectivity index (χ0n) is 12.0. The predicted octanol–water partition coefficient (Wildman–Crippen LogP) is 1.75. The van der Waals surface area contributed by atoms with E-state index in [1.165, 1.54) is 0 Å². The minimum absolute atomic E-state index is 0.380. The molecule has 0 bridgehead atoms. The molecule has 0 spiro atoms. The maximum absolute atomic E-state index is 5.88. The summed E-state index contributed by atoms with van der Waals surface area (Å²) in [4.78, 5) is 8.24. The van der Waals surface area contributed by atoms with E-state index in [4.69, 9.17) is 21.6 Å². The number of benzene rings is 1. The molecule has 0 aliphatic rings. The molecule has 0 saturated heterocycles. The van der Waals surface area contributed by atoms with Gasteiger partial charge in [0.25, 0.3) is 0 Å². The molecule has 106 valence electrons. The Morgan fingerprint density at radius 3 is 2.75 bits per heavy atom. The Balaban J connectivity index is 3.27. The highest BCUT2D eigenvalue weighted by atomic mass is 16.5. The first-order valence-corrected chi connectivity index (χ1v) is 6.15. The van der Waals surface area contributed by atoms with Crippen LogP contribution in [-0.4, -0.2) is 39.4 Å². The van der Waals surface area contributed by atoms with Gasteiger partial charge in [-0.25, -0.2) is 0 Å². The van der Waals surface area contributed by atoms with Gasteiger partial charge in [0.1, 0.15) is 18.2 Å². The Morgan fingerprint density at radius 1 is 1.45 bits per heavy atom.